The van der Waals surface area contributed by atoms with Gasteiger partial charge >= 0.3 is 5.97 Å². The number of esters is 1. The standard InChI is InChI=1S/C14H18N4O2S/c1-4-20-14(19)11-5-10(15)6-16-13(11)18(3)7-12-9(2)17-8-21-12/h5-6,8H,4,7,15H2,1-3H3. The molecule has 0 amide bonds. The van der Waals surface area contributed by atoms with Gasteiger partial charge in [0, 0.05) is 11.9 Å². The highest BCUT2D eigenvalue weighted by molar-refractivity contribution is 7.09. The Morgan fingerprint density at radius 2 is 2.24 bits per heavy atom. The molecule has 0 unspecified atom stereocenters. The zero-order chi connectivity index (χ0) is 15.4. The van der Waals surface area contributed by atoms with Crippen molar-refractivity contribution in [1.29, 1.82) is 0 Å². The minimum absolute atomic E-state index is 0.310. The molecule has 0 fully saturated rings. The average Bonchev–Trinajstić information content (AvgIpc) is 2.84. The summed E-state index contributed by atoms with van der Waals surface area (Å²) >= 11 is 1.58. The fourth-order valence-corrected chi connectivity index (χ4v) is 2.73. The van der Waals surface area contributed by atoms with E-state index in [-0.39, 0.29) is 0 Å². The fourth-order valence-electron chi connectivity index (χ4n) is 1.91. The van der Waals surface area contributed by atoms with E-state index in [0.717, 1.165) is 10.6 Å². The van der Waals surface area contributed by atoms with Gasteiger partial charge in [-0.3, -0.25) is 0 Å². The lowest BCUT2D eigenvalue weighted by molar-refractivity contribution is 0.0526. The van der Waals surface area contributed by atoms with Gasteiger partial charge in [0.2, 0.25) is 0 Å². The van der Waals surface area contributed by atoms with Crippen LogP contribution in [0.2, 0.25) is 0 Å². The van der Waals surface area contributed by atoms with Crippen LogP contribution in [0.1, 0.15) is 27.9 Å². The van der Waals surface area contributed by atoms with Crippen LogP contribution in [-0.4, -0.2) is 29.6 Å². The van der Waals surface area contributed by atoms with Gasteiger partial charge in [-0.1, -0.05) is 0 Å². The number of nitrogen functional groups attached to an aromatic ring is 1. The summed E-state index contributed by atoms with van der Waals surface area (Å²) < 4.78 is 5.06. The summed E-state index contributed by atoms with van der Waals surface area (Å²) in [6, 6.07) is 1.59. The summed E-state index contributed by atoms with van der Waals surface area (Å²) in [5.41, 5.74) is 9.33. The molecule has 2 rings (SSSR count). The van der Waals surface area contributed by atoms with E-state index in [0.29, 0.717) is 30.2 Å². The minimum Gasteiger partial charge on any atom is -0.462 e. The molecule has 0 atom stereocenters. The molecule has 2 aromatic rings. The zero-order valence-corrected chi connectivity index (χ0v) is 13.1. The highest BCUT2D eigenvalue weighted by atomic mass is 32.1. The van der Waals surface area contributed by atoms with Gasteiger partial charge < -0.3 is 15.4 Å². The predicted molar refractivity (Wildman–Crippen MR) is 83.6 cm³/mol. The summed E-state index contributed by atoms with van der Waals surface area (Å²) in [6.45, 7) is 4.66. The van der Waals surface area contributed by atoms with Crippen LogP contribution in [0.25, 0.3) is 0 Å². The number of aromatic nitrogens is 2. The normalized spacial score (nSPS) is 10.4. The maximum atomic E-state index is 12.0. The van der Waals surface area contributed by atoms with Crippen molar-refractivity contribution in [2.45, 2.75) is 20.4 Å². The molecule has 0 saturated heterocycles. The molecule has 112 valence electrons. The molecular formula is C14H18N4O2S. The lowest BCUT2D eigenvalue weighted by Gasteiger charge is -2.20. The number of carbonyl (C=O) groups excluding carboxylic acids is 1. The van der Waals surface area contributed by atoms with Crippen molar-refractivity contribution < 1.29 is 9.53 Å². The summed E-state index contributed by atoms with van der Waals surface area (Å²) in [5.74, 6) is 0.135. The number of hydrogen-bond acceptors (Lipinski definition) is 7. The Bertz CT molecular complexity index is 642. The molecule has 0 spiro atoms. The monoisotopic (exact) mass is 306 g/mol. The first kappa shape index (κ1) is 15.2. The Labute approximate surface area is 127 Å². The van der Waals surface area contributed by atoms with E-state index in [4.69, 9.17) is 10.5 Å². The van der Waals surface area contributed by atoms with Crippen LogP contribution in [0.15, 0.2) is 17.8 Å². The molecule has 21 heavy (non-hydrogen) atoms. The van der Waals surface area contributed by atoms with Crippen LogP contribution in [0.3, 0.4) is 0 Å². The molecule has 0 aliphatic carbocycles. The number of carbonyl (C=O) groups is 1. The Kier molecular flexibility index (Phi) is 4.74. The average molecular weight is 306 g/mol. The predicted octanol–water partition coefficient (Wildman–Crippen LogP) is 2.24. The van der Waals surface area contributed by atoms with Crippen LogP contribution in [0.5, 0.6) is 0 Å². The summed E-state index contributed by atoms with van der Waals surface area (Å²) in [6.07, 6.45) is 1.54. The molecule has 0 radical (unpaired) electrons. The van der Waals surface area contributed by atoms with E-state index in [1.165, 1.54) is 6.20 Å². The molecular weight excluding hydrogens is 288 g/mol. The summed E-state index contributed by atoms with van der Waals surface area (Å²) in [5, 5.41) is 0. The van der Waals surface area contributed by atoms with Crippen molar-refractivity contribution >= 4 is 28.8 Å². The van der Waals surface area contributed by atoms with Crippen LogP contribution < -0.4 is 10.6 Å². The van der Waals surface area contributed by atoms with Crippen molar-refractivity contribution in [1.82, 2.24) is 9.97 Å². The first-order valence-corrected chi connectivity index (χ1v) is 7.43. The number of hydrogen-bond donors (Lipinski definition) is 1. The number of nitrogens with zero attached hydrogens (tertiary/aromatic N) is 3. The second kappa shape index (κ2) is 6.53. The topological polar surface area (TPSA) is 81.3 Å². The van der Waals surface area contributed by atoms with E-state index in [1.54, 1.807) is 29.8 Å². The third-order valence-corrected chi connectivity index (χ3v) is 3.89. The van der Waals surface area contributed by atoms with Crippen LogP contribution >= 0.6 is 11.3 Å². The number of rotatable bonds is 5. The lowest BCUT2D eigenvalue weighted by Crippen LogP contribution is -2.21. The second-order valence-corrected chi connectivity index (χ2v) is 5.52. The van der Waals surface area contributed by atoms with Crippen molar-refractivity contribution in [3.63, 3.8) is 0 Å². The van der Waals surface area contributed by atoms with E-state index in [9.17, 15) is 4.79 Å². The van der Waals surface area contributed by atoms with Crippen molar-refractivity contribution in [3.05, 3.63) is 33.9 Å². The molecule has 0 saturated carbocycles. The highest BCUT2D eigenvalue weighted by Crippen LogP contribution is 2.23. The van der Waals surface area contributed by atoms with Crippen LogP contribution in [0.4, 0.5) is 11.5 Å². The highest BCUT2D eigenvalue weighted by Gasteiger charge is 2.18. The van der Waals surface area contributed by atoms with Gasteiger partial charge in [-0.15, -0.1) is 11.3 Å². The first-order chi connectivity index (χ1) is 10.0. The SMILES string of the molecule is CCOC(=O)c1cc(N)cnc1N(C)Cc1scnc1C. The Morgan fingerprint density at radius 3 is 2.86 bits per heavy atom. The molecule has 2 aromatic heterocycles. The third-order valence-electron chi connectivity index (χ3n) is 2.97. The molecule has 0 aromatic carbocycles. The summed E-state index contributed by atoms with van der Waals surface area (Å²) in [4.78, 5) is 23.6. The quantitative estimate of drug-likeness (QED) is 0.853. The van der Waals surface area contributed by atoms with Gasteiger partial charge in [-0.25, -0.2) is 14.8 Å². The van der Waals surface area contributed by atoms with Gasteiger partial charge in [0.25, 0.3) is 0 Å². The maximum Gasteiger partial charge on any atom is 0.341 e. The number of anilines is 2. The van der Waals surface area contributed by atoms with E-state index < -0.39 is 5.97 Å². The van der Waals surface area contributed by atoms with Gasteiger partial charge in [0.1, 0.15) is 11.4 Å². The zero-order valence-electron chi connectivity index (χ0n) is 12.3. The van der Waals surface area contributed by atoms with Gasteiger partial charge in [-0.2, -0.15) is 0 Å². The van der Waals surface area contributed by atoms with Gasteiger partial charge in [-0.05, 0) is 19.9 Å². The van der Waals surface area contributed by atoms with Crippen LogP contribution in [0, 0.1) is 6.92 Å². The smallest absolute Gasteiger partial charge is 0.341 e. The molecule has 7 heteroatoms. The Balaban J connectivity index is 2.29. The van der Waals surface area contributed by atoms with E-state index >= 15 is 0 Å². The molecule has 0 bridgehead atoms. The molecule has 6 nitrogen and oxygen atoms in total. The van der Waals surface area contributed by atoms with E-state index in [2.05, 4.69) is 9.97 Å². The number of aryl methyl sites for hydroxylation is 1. The maximum absolute atomic E-state index is 12.0. The number of nitrogens with two attached hydrogens (primary N) is 1. The van der Waals surface area contributed by atoms with Crippen molar-refractivity contribution in [3.8, 4) is 0 Å². The first-order valence-electron chi connectivity index (χ1n) is 6.55. The molecule has 2 N–H and O–H groups in total. The summed E-state index contributed by atoms with van der Waals surface area (Å²) in [7, 11) is 1.88. The lowest BCUT2D eigenvalue weighted by atomic mass is 10.2. The number of ether oxygens (including phenoxy) is 1. The Hall–Kier alpha value is -2.15. The van der Waals surface area contributed by atoms with Crippen molar-refractivity contribution in [2.24, 2.45) is 0 Å². The van der Waals surface area contributed by atoms with Crippen molar-refractivity contribution in [2.75, 3.05) is 24.3 Å². The van der Waals surface area contributed by atoms with Gasteiger partial charge in [0.05, 0.1) is 36.2 Å². The molecule has 2 heterocycles. The molecule has 0 aliphatic heterocycles. The molecule has 0 aliphatic rings. The largest absolute Gasteiger partial charge is 0.462 e. The van der Waals surface area contributed by atoms with Crippen LogP contribution in [-0.2, 0) is 11.3 Å². The number of pyridine rings is 1. The Morgan fingerprint density at radius 1 is 1.48 bits per heavy atom. The second-order valence-electron chi connectivity index (χ2n) is 4.58. The number of thiazole rings is 1. The fraction of sp³-hybridized carbons (Fsp3) is 0.357. The minimum atomic E-state index is -0.417. The van der Waals surface area contributed by atoms with E-state index in [1.807, 2.05) is 18.9 Å². The van der Waals surface area contributed by atoms with Gasteiger partial charge in [0.15, 0.2) is 0 Å². The third kappa shape index (κ3) is 3.49.